The van der Waals surface area contributed by atoms with Gasteiger partial charge in [-0.25, -0.2) is 5.43 Å². The molecule has 1 aliphatic rings. The summed E-state index contributed by atoms with van der Waals surface area (Å²) in [7, 11) is 0. The minimum Gasteiger partial charge on any atom is -0.353 e. The predicted molar refractivity (Wildman–Crippen MR) is 101 cm³/mol. The molecule has 0 heterocycles. The lowest BCUT2D eigenvalue weighted by atomic mass is 9.95. The van der Waals surface area contributed by atoms with Crippen molar-refractivity contribution in [3.63, 3.8) is 0 Å². The van der Waals surface area contributed by atoms with Crippen molar-refractivity contribution in [2.45, 2.75) is 58.4 Å². The summed E-state index contributed by atoms with van der Waals surface area (Å²) in [5, 5.41) is 9.35. The number of nitrogens with one attached hydrogen (secondary N) is 3. The SMILES string of the molecule is C/C(CC(=O)NC1CCCCC1)=N/NC(=O)C(=O)Nc1ccccc1C. The molecule has 0 atom stereocenters. The maximum atomic E-state index is 12.0. The average Bonchev–Trinajstić information content (AvgIpc) is 2.62. The normalized spacial score (nSPS) is 15.2. The van der Waals surface area contributed by atoms with E-state index in [1.54, 1.807) is 19.1 Å². The second kappa shape index (κ2) is 9.70. The molecule has 3 N–H and O–H groups in total. The molecule has 0 spiro atoms. The molecular weight excluding hydrogens is 332 g/mol. The molecule has 0 aliphatic heterocycles. The van der Waals surface area contributed by atoms with Crippen LogP contribution in [0.2, 0.25) is 0 Å². The summed E-state index contributed by atoms with van der Waals surface area (Å²) in [4.78, 5) is 35.7. The minimum absolute atomic E-state index is 0.0934. The Balaban J connectivity index is 1.77. The third kappa shape index (κ3) is 6.31. The highest BCUT2D eigenvalue weighted by Gasteiger charge is 2.17. The van der Waals surface area contributed by atoms with Crippen LogP contribution in [0.25, 0.3) is 0 Å². The highest BCUT2D eigenvalue weighted by molar-refractivity contribution is 6.39. The number of carbonyl (C=O) groups excluding carboxylic acids is 3. The number of aryl methyl sites for hydroxylation is 1. The Hall–Kier alpha value is -2.70. The van der Waals surface area contributed by atoms with E-state index in [1.165, 1.54) is 6.42 Å². The van der Waals surface area contributed by atoms with Crippen molar-refractivity contribution >= 4 is 29.1 Å². The van der Waals surface area contributed by atoms with E-state index >= 15 is 0 Å². The number of nitrogens with zero attached hydrogens (tertiary/aromatic N) is 1. The number of para-hydroxylation sites is 1. The van der Waals surface area contributed by atoms with Crippen LogP contribution in [0.4, 0.5) is 5.69 Å². The van der Waals surface area contributed by atoms with Crippen LogP contribution >= 0.6 is 0 Å². The first kappa shape index (κ1) is 19.6. The van der Waals surface area contributed by atoms with Crippen LogP contribution in [0.1, 0.15) is 51.0 Å². The van der Waals surface area contributed by atoms with Gasteiger partial charge in [0.1, 0.15) is 0 Å². The quantitative estimate of drug-likeness (QED) is 0.428. The van der Waals surface area contributed by atoms with Crippen molar-refractivity contribution in [1.82, 2.24) is 10.7 Å². The molecule has 1 aliphatic carbocycles. The van der Waals surface area contributed by atoms with E-state index in [2.05, 4.69) is 21.2 Å². The summed E-state index contributed by atoms with van der Waals surface area (Å²) >= 11 is 0. The fraction of sp³-hybridized carbons (Fsp3) is 0.474. The van der Waals surface area contributed by atoms with Gasteiger partial charge < -0.3 is 10.6 Å². The van der Waals surface area contributed by atoms with Crippen molar-refractivity contribution in [3.05, 3.63) is 29.8 Å². The fourth-order valence-corrected chi connectivity index (χ4v) is 2.89. The monoisotopic (exact) mass is 358 g/mol. The van der Waals surface area contributed by atoms with Crippen LogP contribution in [0.3, 0.4) is 0 Å². The van der Waals surface area contributed by atoms with Gasteiger partial charge in [-0.1, -0.05) is 37.5 Å². The van der Waals surface area contributed by atoms with Crippen LogP contribution in [0.15, 0.2) is 29.4 Å². The van der Waals surface area contributed by atoms with Crippen molar-refractivity contribution in [1.29, 1.82) is 0 Å². The van der Waals surface area contributed by atoms with E-state index in [4.69, 9.17) is 0 Å². The van der Waals surface area contributed by atoms with Gasteiger partial charge >= 0.3 is 11.8 Å². The van der Waals surface area contributed by atoms with Gasteiger partial charge in [-0.3, -0.25) is 14.4 Å². The molecule has 0 radical (unpaired) electrons. The van der Waals surface area contributed by atoms with E-state index in [0.29, 0.717) is 11.4 Å². The molecule has 1 fully saturated rings. The van der Waals surface area contributed by atoms with E-state index in [1.807, 2.05) is 19.1 Å². The van der Waals surface area contributed by atoms with E-state index in [0.717, 1.165) is 31.2 Å². The van der Waals surface area contributed by atoms with Gasteiger partial charge in [0.15, 0.2) is 0 Å². The third-order valence-electron chi connectivity index (χ3n) is 4.33. The number of carbonyl (C=O) groups is 3. The Morgan fingerprint density at radius 3 is 2.46 bits per heavy atom. The Labute approximate surface area is 153 Å². The lowest BCUT2D eigenvalue weighted by Crippen LogP contribution is -2.37. The summed E-state index contributed by atoms with van der Waals surface area (Å²) < 4.78 is 0. The van der Waals surface area contributed by atoms with Gasteiger partial charge in [0.25, 0.3) is 0 Å². The number of hydrogen-bond acceptors (Lipinski definition) is 4. The molecule has 1 aromatic rings. The smallest absolute Gasteiger partial charge is 0.329 e. The van der Waals surface area contributed by atoms with Crippen molar-refractivity contribution < 1.29 is 14.4 Å². The number of benzene rings is 1. The summed E-state index contributed by atoms with van der Waals surface area (Å²) in [6, 6.07) is 7.40. The van der Waals surface area contributed by atoms with Gasteiger partial charge in [0, 0.05) is 17.4 Å². The Morgan fingerprint density at radius 2 is 1.77 bits per heavy atom. The standard InChI is InChI=1S/C19H26N4O3/c1-13-8-6-7-11-16(13)21-18(25)19(26)23-22-14(2)12-17(24)20-15-9-4-3-5-10-15/h6-8,11,15H,3-5,9-10,12H2,1-2H3,(H,20,24)(H,21,25)(H,23,26)/b22-14-. The van der Waals surface area contributed by atoms with Crippen LogP contribution in [-0.4, -0.2) is 29.5 Å². The number of hydrazone groups is 1. The van der Waals surface area contributed by atoms with Crippen molar-refractivity contribution in [2.24, 2.45) is 5.10 Å². The van der Waals surface area contributed by atoms with Crippen LogP contribution < -0.4 is 16.1 Å². The maximum absolute atomic E-state index is 12.0. The Bertz CT molecular complexity index is 694. The lowest BCUT2D eigenvalue weighted by molar-refractivity contribution is -0.136. The van der Waals surface area contributed by atoms with Crippen LogP contribution in [-0.2, 0) is 14.4 Å². The zero-order valence-electron chi connectivity index (χ0n) is 15.3. The second-order valence-corrected chi connectivity index (χ2v) is 6.64. The molecule has 140 valence electrons. The largest absolute Gasteiger partial charge is 0.353 e. The molecule has 0 aromatic heterocycles. The number of hydrogen-bond donors (Lipinski definition) is 3. The lowest BCUT2D eigenvalue weighted by Gasteiger charge is -2.22. The van der Waals surface area contributed by atoms with Gasteiger partial charge in [0.05, 0.1) is 6.42 Å². The first-order valence-electron chi connectivity index (χ1n) is 8.95. The highest BCUT2D eigenvalue weighted by atomic mass is 16.2. The molecule has 1 saturated carbocycles. The average molecular weight is 358 g/mol. The van der Waals surface area contributed by atoms with Gasteiger partial charge in [0.2, 0.25) is 5.91 Å². The summed E-state index contributed by atoms with van der Waals surface area (Å²) in [6.45, 7) is 3.47. The predicted octanol–water partition coefficient (Wildman–Crippen LogP) is 2.26. The molecule has 2 rings (SSSR count). The topological polar surface area (TPSA) is 99.7 Å². The van der Waals surface area contributed by atoms with Crippen LogP contribution in [0.5, 0.6) is 0 Å². The molecule has 7 heteroatoms. The Kier molecular flexibility index (Phi) is 7.32. The minimum atomic E-state index is -0.875. The summed E-state index contributed by atoms with van der Waals surface area (Å²) in [5.74, 6) is -1.79. The highest BCUT2D eigenvalue weighted by Crippen LogP contribution is 2.17. The molecule has 26 heavy (non-hydrogen) atoms. The van der Waals surface area contributed by atoms with Crippen molar-refractivity contribution in [2.75, 3.05) is 5.32 Å². The number of anilines is 1. The molecule has 7 nitrogen and oxygen atoms in total. The van der Waals surface area contributed by atoms with Gasteiger partial charge in [-0.15, -0.1) is 0 Å². The molecular formula is C19H26N4O3. The summed E-state index contributed by atoms with van der Waals surface area (Å²) in [5.41, 5.74) is 4.05. The third-order valence-corrected chi connectivity index (χ3v) is 4.33. The first-order valence-corrected chi connectivity index (χ1v) is 8.95. The van der Waals surface area contributed by atoms with Gasteiger partial charge in [-0.05, 0) is 38.3 Å². The van der Waals surface area contributed by atoms with E-state index < -0.39 is 11.8 Å². The summed E-state index contributed by atoms with van der Waals surface area (Å²) in [6.07, 6.45) is 5.63. The van der Waals surface area contributed by atoms with E-state index in [9.17, 15) is 14.4 Å². The first-order chi connectivity index (χ1) is 12.5. The molecule has 0 bridgehead atoms. The molecule has 1 aromatic carbocycles. The molecule has 0 saturated heterocycles. The molecule has 0 unspecified atom stereocenters. The number of amides is 3. The second-order valence-electron chi connectivity index (χ2n) is 6.64. The van der Waals surface area contributed by atoms with E-state index in [-0.39, 0.29) is 18.4 Å². The Morgan fingerprint density at radius 1 is 1.08 bits per heavy atom. The van der Waals surface area contributed by atoms with Crippen LogP contribution in [0, 0.1) is 6.92 Å². The van der Waals surface area contributed by atoms with Crippen molar-refractivity contribution in [3.8, 4) is 0 Å². The fourth-order valence-electron chi connectivity index (χ4n) is 2.89. The zero-order chi connectivity index (χ0) is 18.9. The number of rotatable bonds is 5. The zero-order valence-corrected chi connectivity index (χ0v) is 15.3. The van der Waals surface area contributed by atoms with Gasteiger partial charge in [-0.2, -0.15) is 5.10 Å². The maximum Gasteiger partial charge on any atom is 0.329 e. The molecule has 3 amide bonds.